The second-order valence-corrected chi connectivity index (χ2v) is 14.7. The molecule has 1 aliphatic heterocycles. The Kier molecular flexibility index (Phi) is 15.4. The van der Waals surface area contributed by atoms with E-state index in [0.29, 0.717) is 0 Å². The summed E-state index contributed by atoms with van der Waals surface area (Å²) in [7, 11) is 0. The van der Waals surface area contributed by atoms with Crippen molar-refractivity contribution >= 4 is 12.0 Å². The molecule has 2 N–H and O–H groups in total. The topological polar surface area (TPSA) is 127 Å². The van der Waals surface area contributed by atoms with E-state index in [9.17, 15) is 19.8 Å². The highest BCUT2D eigenvalue weighted by molar-refractivity contribution is 5.82. The Morgan fingerprint density at radius 3 is 1.49 bits per heavy atom. The van der Waals surface area contributed by atoms with Gasteiger partial charge in [-0.1, -0.05) is 121 Å². The van der Waals surface area contributed by atoms with Gasteiger partial charge in [0.1, 0.15) is 23.4 Å². The summed E-state index contributed by atoms with van der Waals surface area (Å²) in [6.45, 7) is 5.57. The molecule has 1 unspecified atom stereocenters. The lowest BCUT2D eigenvalue weighted by atomic mass is 9.90. The van der Waals surface area contributed by atoms with Crippen LogP contribution in [0.4, 0.5) is 4.79 Å². The highest BCUT2D eigenvalue weighted by atomic mass is 16.6. The third-order valence-corrected chi connectivity index (χ3v) is 9.18. The number of aliphatic hydroxyl groups excluding tert-OH is 1. The average Bonchev–Trinajstić information content (AvgIpc) is 3.20. The summed E-state index contributed by atoms with van der Waals surface area (Å²) >= 11 is 0. The second kappa shape index (κ2) is 20.3. The highest BCUT2D eigenvalue weighted by Crippen LogP contribution is 2.29. The summed E-state index contributed by atoms with van der Waals surface area (Å²) in [5, 5.41) is 23.4. The van der Waals surface area contributed by atoms with Gasteiger partial charge in [0.15, 0.2) is 6.10 Å². The van der Waals surface area contributed by atoms with E-state index in [-0.39, 0.29) is 59.2 Å². The Balaban J connectivity index is 1.50. The lowest BCUT2D eigenvalue weighted by Gasteiger charge is -2.43. The summed E-state index contributed by atoms with van der Waals surface area (Å²) in [5.74, 6) is -0.406. The summed E-state index contributed by atoms with van der Waals surface area (Å²) < 4.78 is 31.4. The zero-order valence-electron chi connectivity index (χ0n) is 32.0. The van der Waals surface area contributed by atoms with Crippen LogP contribution in [0.2, 0.25) is 0 Å². The minimum absolute atomic E-state index is 0.0336. The summed E-state index contributed by atoms with van der Waals surface area (Å²) in [5.41, 5.74) is 0.629. The molecule has 11 nitrogen and oxygen atoms in total. The zero-order chi connectivity index (χ0) is 39.1. The first-order valence-corrected chi connectivity index (χ1v) is 18.7. The molecule has 1 fully saturated rings. The van der Waals surface area contributed by atoms with Crippen molar-refractivity contribution in [3.05, 3.63) is 144 Å². The van der Waals surface area contributed by atoms with Gasteiger partial charge in [-0.25, -0.2) is 4.79 Å². The molecular formula is C44H54N2O9. The Labute approximate surface area is 324 Å². The van der Waals surface area contributed by atoms with Crippen molar-refractivity contribution in [3.63, 3.8) is 0 Å². The minimum atomic E-state index is -2.05. The number of benzene rings is 4. The normalized spacial score (nSPS) is 16.2. The largest absolute Gasteiger partial charge is 0.444 e. The molecule has 55 heavy (non-hydrogen) atoms. The maximum Gasteiger partial charge on any atom is 0.410 e. The quantitative estimate of drug-likeness (QED) is 0.130. The van der Waals surface area contributed by atoms with E-state index < -0.39 is 48.1 Å². The fourth-order valence-electron chi connectivity index (χ4n) is 6.24. The van der Waals surface area contributed by atoms with Crippen LogP contribution in [-0.2, 0) is 54.9 Å². The Morgan fingerprint density at radius 1 is 0.618 bits per heavy atom. The first-order chi connectivity index (χ1) is 26.5. The van der Waals surface area contributed by atoms with Gasteiger partial charge >= 0.3 is 6.09 Å². The van der Waals surface area contributed by atoms with Gasteiger partial charge in [0.2, 0.25) is 0 Å². The lowest BCUT2D eigenvalue weighted by molar-refractivity contribution is -0.233. The molecule has 0 bridgehead atoms. The molecular weight excluding hydrogens is 700 g/mol. The third-order valence-electron chi connectivity index (χ3n) is 9.18. The van der Waals surface area contributed by atoms with Crippen LogP contribution in [0, 0.1) is 0 Å². The average molecular weight is 755 g/mol. The maximum absolute atomic E-state index is 14.8. The first kappa shape index (κ1) is 41.5. The summed E-state index contributed by atoms with van der Waals surface area (Å²) in [6.07, 6.45) is -4.34. The number of hydrogen-bond acceptors (Lipinski definition) is 9. The monoisotopic (exact) mass is 754 g/mol. The second-order valence-electron chi connectivity index (χ2n) is 14.7. The molecule has 1 saturated heterocycles. The van der Waals surface area contributed by atoms with Crippen molar-refractivity contribution in [3.8, 4) is 0 Å². The number of ether oxygens (including phenoxy) is 5. The molecule has 1 aliphatic rings. The smallest absolute Gasteiger partial charge is 0.410 e. The Bertz CT molecular complexity index is 1720. The highest BCUT2D eigenvalue weighted by Gasteiger charge is 2.50. The molecule has 2 amide bonds. The van der Waals surface area contributed by atoms with Gasteiger partial charge in [-0.05, 0) is 43.0 Å². The Hall–Kier alpha value is -4.62. The number of rotatable bonds is 18. The van der Waals surface area contributed by atoms with Crippen molar-refractivity contribution in [1.29, 1.82) is 0 Å². The number of piperazine rings is 1. The predicted octanol–water partition coefficient (Wildman–Crippen LogP) is 5.76. The van der Waals surface area contributed by atoms with E-state index in [4.69, 9.17) is 23.7 Å². The van der Waals surface area contributed by atoms with Crippen molar-refractivity contribution < 1.29 is 43.5 Å². The van der Waals surface area contributed by atoms with Gasteiger partial charge in [0.25, 0.3) is 5.91 Å². The number of hydrogen-bond donors (Lipinski definition) is 2. The van der Waals surface area contributed by atoms with Gasteiger partial charge in [-0.3, -0.25) is 4.79 Å². The van der Waals surface area contributed by atoms with Crippen molar-refractivity contribution in [1.82, 2.24) is 9.80 Å². The van der Waals surface area contributed by atoms with Gasteiger partial charge < -0.3 is 43.7 Å². The molecule has 0 saturated carbocycles. The molecule has 4 aromatic carbocycles. The van der Waals surface area contributed by atoms with Crippen molar-refractivity contribution in [2.75, 3.05) is 39.4 Å². The fraction of sp³-hybridized carbons (Fsp3) is 0.409. The van der Waals surface area contributed by atoms with Crippen LogP contribution in [0.25, 0.3) is 0 Å². The molecule has 294 valence electrons. The zero-order valence-corrected chi connectivity index (χ0v) is 32.0. The lowest BCUT2D eigenvalue weighted by Crippen LogP contribution is -2.63. The maximum atomic E-state index is 14.8. The molecule has 5 rings (SSSR count). The number of carbonyl (C=O) groups excluding carboxylic acids is 2. The molecule has 1 heterocycles. The minimum Gasteiger partial charge on any atom is -0.444 e. The molecule has 0 spiro atoms. The van der Waals surface area contributed by atoms with Crippen LogP contribution in [0.5, 0.6) is 0 Å². The van der Waals surface area contributed by atoms with Gasteiger partial charge in [0, 0.05) is 26.2 Å². The van der Waals surface area contributed by atoms with E-state index in [0.717, 1.165) is 22.3 Å². The van der Waals surface area contributed by atoms with Gasteiger partial charge in [-0.15, -0.1) is 0 Å². The van der Waals surface area contributed by atoms with Crippen LogP contribution < -0.4 is 0 Å². The fourth-order valence-corrected chi connectivity index (χ4v) is 6.24. The number of nitrogens with zero attached hydrogens (tertiary/aromatic N) is 2. The van der Waals surface area contributed by atoms with E-state index in [1.807, 2.05) is 142 Å². The van der Waals surface area contributed by atoms with E-state index >= 15 is 0 Å². The van der Waals surface area contributed by atoms with Crippen LogP contribution in [0.3, 0.4) is 0 Å². The molecule has 0 radical (unpaired) electrons. The van der Waals surface area contributed by atoms with Gasteiger partial charge in [0.05, 0.1) is 39.6 Å². The Morgan fingerprint density at radius 2 is 1.04 bits per heavy atom. The van der Waals surface area contributed by atoms with E-state index in [1.165, 1.54) is 0 Å². The van der Waals surface area contributed by atoms with Gasteiger partial charge in [-0.2, -0.15) is 0 Å². The summed E-state index contributed by atoms with van der Waals surface area (Å²) in [6, 6.07) is 37.8. The van der Waals surface area contributed by atoms with Crippen LogP contribution in [-0.4, -0.2) is 101 Å². The molecule has 0 aromatic heterocycles. The SMILES string of the molecule is CC(C)(C)OC(=O)N1CCN(C(=O)[C@H](OCc2ccccc2)[C@@H](OCc2ccccc2)[C@H](OCc2ccccc2)C(O)(CO)COCc2ccccc2)CC1. The molecule has 4 atom stereocenters. The van der Waals surface area contributed by atoms with Crippen LogP contribution in [0.15, 0.2) is 121 Å². The predicted molar refractivity (Wildman–Crippen MR) is 208 cm³/mol. The number of amides is 2. The van der Waals surface area contributed by atoms with E-state index in [1.54, 1.807) is 9.80 Å². The van der Waals surface area contributed by atoms with Crippen LogP contribution in [0.1, 0.15) is 43.0 Å². The van der Waals surface area contributed by atoms with E-state index in [2.05, 4.69) is 0 Å². The van der Waals surface area contributed by atoms with Crippen LogP contribution >= 0.6 is 0 Å². The number of aliphatic hydroxyl groups is 2. The molecule has 4 aromatic rings. The van der Waals surface area contributed by atoms with Crippen molar-refractivity contribution in [2.24, 2.45) is 0 Å². The number of carbonyl (C=O) groups is 2. The standard InChI is InChI=1S/C44H54N2O9/c1-43(2,3)55-42(49)46-26-24-45(25-27-46)41(48)39(53-30-36-20-12-6-13-21-36)38(52-29-35-18-10-5-11-19-35)40(54-31-37-22-14-7-15-23-37)44(50,32-47)33-51-28-34-16-8-4-9-17-34/h4-23,38-40,47,50H,24-33H2,1-3H3/t38-,39-,40+,44?/m1/s1. The third kappa shape index (κ3) is 12.7. The summed E-state index contributed by atoms with van der Waals surface area (Å²) in [4.78, 5) is 30.9. The molecule has 11 heteroatoms. The molecule has 0 aliphatic carbocycles. The first-order valence-electron chi connectivity index (χ1n) is 18.7. The van der Waals surface area contributed by atoms with Crippen molar-refractivity contribution in [2.45, 2.75) is 76.7 Å².